The maximum absolute atomic E-state index is 5.84. The van der Waals surface area contributed by atoms with Gasteiger partial charge in [-0.25, -0.2) is 4.98 Å². The fourth-order valence-corrected chi connectivity index (χ4v) is 2.39. The van der Waals surface area contributed by atoms with Gasteiger partial charge in [0.25, 0.3) is 0 Å². The maximum atomic E-state index is 5.84. The highest BCUT2D eigenvalue weighted by Gasteiger charge is 2.18. The monoisotopic (exact) mass is 280 g/mol. The number of aryl methyl sites for hydroxylation is 3. The Labute approximate surface area is 114 Å². The van der Waals surface area contributed by atoms with Gasteiger partial charge in [-0.2, -0.15) is 10.1 Å². The zero-order valence-corrected chi connectivity index (χ0v) is 11.4. The lowest BCUT2D eigenvalue weighted by Gasteiger charge is -2.06. The van der Waals surface area contributed by atoms with E-state index in [-0.39, 0.29) is 0 Å². The Kier molecular flexibility index (Phi) is 2.98. The molecule has 0 aliphatic rings. The van der Waals surface area contributed by atoms with Crippen LogP contribution in [0.15, 0.2) is 10.9 Å². The van der Waals surface area contributed by atoms with Crippen LogP contribution in [-0.4, -0.2) is 35.4 Å². The highest BCUT2D eigenvalue weighted by atomic mass is 35.5. The van der Waals surface area contributed by atoms with Crippen molar-refractivity contribution in [3.63, 3.8) is 0 Å². The second-order valence-electron chi connectivity index (χ2n) is 4.28. The van der Waals surface area contributed by atoms with Crippen LogP contribution < -0.4 is 0 Å². The molecule has 0 fully saturated rings. The summed E-state index contributed by atoms with van der Waals surface area (Å²) in [6.07, 6.45) is 2.01. The van der Waals surface area contributed by atoms with Crippen LogP contribution in [0.2, 0.25) is 0 Å². The molecule has 0 amide bonds. The molecule has 0 radical (unpaired) electrons. The van der Waals surface area contributed by atoms with Crippen molar-refractivity contribution in [2.75, 3.05) is 5.88 Å². The minimum Gasteiger partial charge on any atom is -0.343 e. The predicted octanol–water partition coefficient (Wildman–Crippen LogP) is 1.29. The van der Waals surface area contributed by atoms with Crippen molar-refractivity contribution < 1.29 is 4.52 Å². The molecule has 3 rings (SSSR count). The van der Waals surface area contributed by atoms with Crippen molar-refractivity contribution in [3.8, 4) is 0 Å². The van der Waals surface area contributed by atoms with E-state index in [9.17, 15) is 0 Å². The zero-order valence-electron chi connectivity index (χ0n) is 10.7. The van der Waals surface area contributed by atoms with Crippen molar-refractivity contribution >= 4 is 22.8 Å². The molecular weight excluding hydrogens is 268 g/mol. The molecule has 0 spiro atoms. The first-order chi connectivity index (χ1) is 9.20. The van der Waals surface area contributed by atoms with Gasteiger partial charge >= 0.3 is 0 Å². The van der Waals surface area contributed by atoms with Crippen molar-refractivity contribution in [1.29, 1.82) is 0 Å². The lowest BCUT2D eigenvalue weighted by Crippen LogP contribution is -2.10. The Balaban J connectivity index is 2.15. The number of halogens is 1. The van der Waals surface area contributed by atoms with Gasteiger partial charge in [-0.05, 0) is 6.92 Å². The summed E-state index contributed by atoms with van der Waals surface area (Å²) in [7, 11) is 1.90. The summed E-state index contributed by atoms with van der Waals surface area (Å²) in [6, 6.07) is 0. The molecule has 0 unspecified atom stereocenters. The van der Waals surface area contributed by atoms with Gasteiger partial charge in [-0.3, -0.25) is 4.68 Å². The van der Waals surface area contributed by atoms with Gasteiger partial charge in [-0.1, -0.05) is 5.16 Å². The third-order valence-electron chi connectivity index (χ3n) is 2.99. The number of imidazole rings is 1. The van der Waals surface area contributed by atoms with Gasteiger partial charge in [0.15, 0.2) is 11.5 Å². The summed E-state index contributed by atoms with van der Waals surface area (Å²) in [5, 5.41) is 8.22. The van der Waals surface area contributed by atoms with E-state index in [4.69, 9.17) is 16.1 Å². The van der Waals surface area contributed by atoms with Gasteiger partial charge in [0.1, 0.15) is 11.3 Å². The molecule has 3 aromatic rings. The molecule has 3 heterocycles. The molecule has 0 N–H and O–H groups in total. The molecule has 19 heavy (non-hydrogen) atoms. The Morgan fingerprint density at radius 2 is 2.26 bits per heavy atom. The quantitative estimate of drug-likeness (QED) is 0.673. The first kappa shape index (κ1) is 12.2. The minimum absolute atomic E-state index is 0.498. The molecule has 0 aliphatic carbocycles. The standard InChI is InChI=1S/C11H13ClN6O/c1-7-10-11(17(2)15-7)18(9(14-10)3-4-12)5-8-13-6-19-16-8/h6H,3-5H2,1-2H3. The number of hydrogen-bond donors (Lipinski definition) is 0. The third kappa shape index (κ3) is 1.99. The van der Waals surface area contributed by atoms with E-state index in [2.05, 4.69) is 20.2 Å². The maximum Gasteiger partial charge on any atom is 0.213 e. The summed E-state index contributed by atoms with van der Waals surface area (Å²) in [4.78, 5) is 8.66. The molecule has 100 valence electrons. The fourth-order valence-electron chi connectivity index (χ4n) is 2.22. The van der Waals surface area contributed by atoms with Crippen LogP contribution in [0.1, 0.15) is 17.3 Å². The summed E-state index contributed by atoms with van der Waals surface area (Å²) >= 11 is 5.84. The van der Waals surface area contributed by atoms with E-state index in [0.717, 1.165) is 22.7 Å². The number of aromatic nitrogens is 6. The lowest BCUT2D eigenvalue weighted by molar-refractivity contribution is 0.408. The molecule has 0 bridgehead atoms. The number of hydrogen-bond acceptors (Lipinski definition) is 5. The molecule has 0 saturated heterocycles. The van der Waals surface area contributed by atoms with Gasteiger partial charge in [0, 0.05) is 19.3 Å². The van der Waals surface area contributed by atoms with Crippen molar-refractivity contribution in [1.82, 2.24) is 29.5 Å². The second kappa shape index (κ2) is 4.65. The van der Waals surface area contributed by atoms with Crippen LogP contribution in [0.3, 0.4) is 0 Å². The van der Waals surface area contributed by atoms with Crippen LogP contribution in [0, 0.1) is 6.92 Å². The minimum atomic E-state index is 0.498. The molecule has 0 saturated carbocycles. The first-order valence-electron chi connectivity index (χ1n) is 5.90. The second-order valence-corrected chi connectivity index (χ2v) is 4.66. The Morgan fingerprint density at radius 1 is 1.42 bits per heavy atom. The smallest absolute Gasteiger partial charge is 0.213 e. The number of fused-ring (bicyclic) bond motifs is 1. The van der Waals surface area contributed by atoms with E-state index in [1.807, 2.05) is 23.2 Å². The van der Waals surface area contributed by atoms with Crippen LogP contribution >= 0.6 is 11.6 Å². The number of alkyl halides is 1. The highest BCUT2D eigenvalue weighted by Crippen LogP contribution is 2.20. The summed E-state index contributed by atoms with van der Waals surface area (Å²) in [5.41, 5.74) is 2.74. The van der Waals surface area contributed by atoms with Gasteiger partial charge < -0.3 is 9.09 Å². The predicted molar refractivity (Wildman–Crippen MR) is 69.1 cm³/mol. The summed E-state index contributed by atoms with van der Waals surface area (Å²) in [5.74, 6) is 2.03. The normalized spacial score (nSPS) is 11.5. The highest BCUT2D eigenvalue weighted by molar-refractivity contribution is 6.17. The van der Waals surface area contributed by atoms with Crippen LogP contribution in [0.4, 0.5) is 0 Å². The first-order valence-corrected chi connectivity index (χ1v) is 6.44. The van der Waals surface area contributed by atoms with E-state index < -0.39 is 0 Å². The fraction of sp³-hybridized carbons (Fsp3) is 0.455. The van der Waals surface area contributed by atoms with Gasteiger partial charge in [0.2, 0.25) is 6.39 Å². The van der Waals surface area contributed by atoms with E-state index in [1.165, 1.54) is 6.39 Å². The Bertz CT molecular complexity index is 698. The van der Waals surface area contributed by atoms with Crippen LogP contribution in [0.25, 0.3) is 11.2 Å². The lowest BCUT2D eigenvalue weighted by atomic mass is 10.4. The Morgan fingerprint density at radius 3 is 2.95 bits per heavy atom. The number of nitrogens with zero attached hydrogens (tertiary/aromatic N) is 6. The van der Waals surface area contributed by atoms with Crippen molar-refractivity contribution in [2.24, 2.45) is 7.05 Å². The Hall–Kier alpha value is -1.89. The molecule has 3 aromatic heterocycles. The van der Waals surface area contributed by atoms with Crippen molar-refractivity contribution in [2.45, 2.75) is 19.9 Å². The molecule has 0 aliphatic heterocycles. The third-order valence-corrected chi connectivity index (χ3v) is 3.18. The van der Waals surface area contributed by atoms with E-state index in [0.29, 0.717) is 24.7 Å². The summed E-state index contributed by atoms with van der Waals surface area (Å²) < 4.78 is 8.61. The van der Waals surface area contributed by atoms with Gasteiger partial charge in [-0.15, -0.1) is 11.6 Å². The zero-order chi connectivity index (χ0) is 13.4. The van der Waals surface area contributed by atoms with Crippen molar-refractivity contribution in [3.05, 3.63) is 23.7 Å². The van der Waals surface area contributed by atoms with Gasteiger partial charge in [0.05, 0.1) is 12.2 Å². The topological polar surface area (TPSA) is 74.6 Å². The average Bonchev–Trinajstić information content (AvgIpc) is 3.04. The van der Waals surface area contributed by atoms with E-state index >= 15 is 0 Å². The molecule has 0 atom stereocenters. The molecule has 0 aromatic carbocycles. The van der Waals surface area contributed by atoms with Crippen LogP contribution in [-0.2, 0) is 20.0 Å². The average molecular weight is 281 g/mol. The SMILES string of the molecule is Cc1nn(C)c2c1nc(CCCl)n2Cc1ncon1. The number of rotatable bonds is 4. The van der Waals surface area contributed by atoms with E-state index in [1.54, 1.807) is 0 Å². The summed E-state index contributed by atoms with van der Waals surface area (Å²) in [6.45, 7) is 2.44. The molecular formula is C11H13ClN6O. The molecule has 8 heteroatoms. The largest absolute Gasteiger partial charge is 0.343 e. The van der Waals surface area contributed by atoms with Crippen LogP contribution in [0.5, 0.6) is 0 Å². The molecule has 7 nitrogen and oxygen atoms in total.